The molecule has 1 atom stereocenters. The summed E-state index contributed by atoms with van der Waals surface area (Å²) in [7, 11) is 2.18. The Hall–Kier alpha value is -0.0800. The third-order valence-corrected chi connectivity index (χ3v) is 2.15. The van der Waals surface area contributed by atoms with E-state index in [0.717, 1.165) is 12.5 Å². The Balaban J connectivity index is 2.08. The van der Waals surface area contributed by atoms with E-state index in [4.69, 9.17) is 4.74 Å². The van der Waals surface area contributed by atoms with Crippen LogP contribution in [0.25, 0.3) is 0 Å². The van der Waals surface area contributed by atoms with E-state index in [1.165, 1.54) is 19.5 Å². The van der Waals surface area contributed by atoms with Crippen LogP contribution in [0.5, 0.6) is 0 Å². The SMILES string of the molecule is CC(C)OC[C@H]1CCN(C)C1. The summed E-state index contributed by atoms with van der Waals surface area (Å²) in [5.41, 5.74) is 0. The van der Waals surface area contributed by atoms with Gasteiger partial charge in [-0.2, -0.15) is 0 Å². The van der Waals surface area contributed by atoms with Crippen molar-refractivity contribution in [1.29, 1.82) is 0 Å². The average molecular weight is 157 g/mol. The summed E-state index contributed by atoms with van der Waals surface area (Å²) in [6, 6.07) is 0. The van der Waals surface area contributed by atoms with Crippen molar-refractivity contribution < 1.29 is 4.74 Å². The molecule has 1 heterocycles. The maximum atomic E-state index is 5.55. The van der Waals surface area contributed by atoms with Crippen LogP contribution in [-0.2, 0) is 4.74 Å². The Morgan fingerprint density at radius 1 is 1.55 bits per heavy atom. The van der Waals surface area contributed by atoms with Gasteiger partial charge in [0.25, 0.3) is 0 Å². The van der Waals surface area contributed by atoms with E-state index in [1.54, 1.807) is 0 Å². The zero-order valence-corrected chi connectivity index (χ0v) is 7.84. The van der Waals surface area contributed by atoms with Crippen LogP contribution in [0.1, 0.15) is 20.3 Å². The quantitative estimate of drug-likeness (QED) is 0.613. The highest BCUT2D eigenvalue weighted by atomic mass is 16.5. The largest absolute Gasteiger partial charge is 0.378 e. The van der Waals surface area contributed by atoms with Crippen LogP contribution in [0.2, 0.25) is 0 Å². The van der Waals surface area contributed by atoms with E-state index in [2.05, 4.69) is 25.8 Å². The van der Waals surface area contributed by atoms with Gasteiger partial charge in [0.2, 0.25) is 0 Å². The van der Waals surface area contributed by atoms with Crippen LogP contribution in [0.3, 0.4) is 0 Å². The molecule has 11 heavy (non-hydrogen) atoms. The Kier molecular flexibility index (Phi) is 3.34. The third kappa shape index (κ3) is 3.21. The molecule has 1 aliphatic heterocycles. The molecule has 0 spiro atoms. The first kappa shape index (κ1) is 9.01. The first-order valence-corrected chi connectivity index (χ1v) is 4.48. The van der Waals surface area contributed by atoms with E-state index in [-0.39, 0.29) is 0 Å². The van der Waals surface area contributed by atoms with Crippen molar-refractivity contribution >= 4 is 0 Å². The molecule has 0 aromatic rings. The standard InChI is InChI=1S/C9H19NO/c1-8(2)11-7-9-4-5-10(3)6-9/h8-9H,4-7H2,1-3H3/t9-/m0/s1. The fraction of sp³-hybridized carbons (Fsp3) is 1.00. The second-order valence-electron chi connectivity index (χ2n) is 3.80. The lowest BCUT2D eigenvalue weighted by Gasteiger charge is -2.12. The van der Waals surface area contributed by atoms with Gasteiger partial charge in [0.15, 0.2) is 0 Å². The highest BCUT2D eigenvalue weighted by Crippen LogP contribution is 2.14. The van der Waals surface area contributed by atoms with Gasteiger partial charge >= 0.3 is 0 Å². The van der Waals surface area contributed by atoms with E-state index in [0.29, 0.717) is 6.10 Å². The van der Waals surface area contributed by atoms with Crippen molar-refractivity contribution in [3.05, 3.63) is 0 Å². The zero-order chi connectivity index (χ0) is 8.27. The first-order chi connectivity index (χ1) is 5.18. The monoisotopic (exact) mass is 157 g/mol. The summed E-state index contributed by atoms with van der Waals surface area (Å²) in [5, 5.41) is 0. The Bertz CT molecular complexity index is 114. The minimum atomic E-state index is 0.390. The summed E-state index contributed by atoms with van der Waals surface area (Å²) < 4.78 is 5.55. The summed E-state index contributed by atoms with van der Waals surface area (Å²) >= 11 is 0. The molecule has 0 bridgehead atoms. The number of rotatable bonds is 3. The molecule has 66 valence electrons. The highest BCUT2D eigenvalue weighted by Gasteiger charge is 2.19. The summed E-state index contributed by atoms with van der Waals surface area (Å²) in [5.74, 6) is 0.780. The normalized spacial score (nSPS) is 26.7. The van der Waals surface area contributed by atoms with Crippen LogP contribution in [-0.4, -0.2) is 37.7 Å². The van der Waals surface area contributed by atoms with Crippen molar-refractivity contribution in [2.45, 2.75) is 26.4 Å². The molecule has 0 aromatic heterocycles. The molecule has 1 rings (SSSR count). The minimum Gasteiger partial charge on any atom is -0.378 e. The van der Waals surface area contributed by atoms with Gasteiger partial charge in [-0.3, -0.25) is 0 Å². The lowest BCUT2D eigenvalue weighted by Crippen LogP contribution is -2.18. The maximum Gasteiger partial charge on any atom is 0.0519 e. The minimum absolute atomic E-state index is 0.390. The molecule has 0 radical (unpaired) electrons. The second-order valence-corrected chi connectivity index (χ2v) is 3.80. The molecule has 0 unspecified atom stereocenters. The van der Waals surface area contributed by atoms with Crippen molar-refractivity contribution in [1.82, 2.24) is 4.90 Å². The molecule has 1 saturated heterocycles. The fourth-order valence-corrected chi connectivity index (χ4v) is 1.49. The van der Waals surface area contributed by atoms with Gasteiger partial charge in [-0.05, 0) is 39.8 Å². The van der Waals surface area contributed by atoms with E-state index in [9.17, 15) is 0 Å². The van der Waals surface area contributed by atoms with Crippen LogP contribution in [0.4, 0.5) is 0 Å². The second kappa shape index (κ2) is 4.07. The number of ether oxygens (including phenoxy) is 1. The lowest BCUT2D eigenvalue weighted by molar-refractivity contribution is 0.0536. The van der Waals surface area contributed by atoms with Gasteiger partial charge in [-0.15, -0.1) is 0 Å². The van der Waals surface area contributed by atoms with Crippen LogP contribution in [0, 0.1) is 5.92 Å². The van der Waals surface area contributed by atoms with Crippen molar-refractivity contribution in [3.8, 4) is 0 Å². The molecule has 0 aromatic carbocycles. The molecule has 0 aliphatic carbocycles. The number of hydrogen-bond donors (Lipinski definition) is 0. The average Bonchev–Trinajstić information content (AvgIpc) is 2.31. The molecule has 0 amide bonds. The van der Waals surface area contributed by atoms with Crippen LogP contribution in [0.15, 0.2) is 0 Å². The van der Waals surface area contributed by atoms with Gasteiger partial charge in [-0.1, -0.05) is 0 Å². The molecule has 2 nitrogen and oxygen atoms in total. The van der Waals surface area contributed by atoms with E-state index >= 15 is 0 Å². The number of likely N-dealkylation sites (tertiary alicyclic amines) is 1. The molecule has 2 heteroatoms. The molecule has 1 fully saturated rings. The highest BCUT2D eigenvalue weighted by molar-refractivity contribution is 4.72. The summed E-state index contributed by atoms with van der Waals surface area (Å²) in [6.07, 6.45) is 1.70. The Morgan fingerprint density at radius 3 is 2.73 bits per heavy atom. The molecule has 0 N–H and O–H groups in total. The zero-order valence-electron chi connectivity index (χ0n) is 7.84. The van der Waals surface area contributed by atoms with Gasteiger partial charge in [0.1, 0.15) is 0 Å². The van der Waals surface area contributed by atoms with Crippen molar-refractivity contribution in [2.75, 3.05) is 26.7 Å². The fourth-order valence-electron chi connectivity index (χ4n) is 1.49. The summed E-state index contributed by atoms with van der Waals surface area (Å²) in [4.78, 5) is 2.37. The molecule has 0 saturated carbocycles. The predicted octanol–water partition coefficient (Wildman–Crippen LogP) is 1.36. The van der Waals surface area contributed by atoms with Gasteiger partial charge < -0.3 is 9.64 Å². The van der Waals surface area contributed by atoms with Gasteiger partial charge in [0.05, 0.1) is 12.7 Å². The lowest BCUT2D eigenvalue weighted by atomic mass is 10.1. The van der Waals surface area contributed by atoms with Crippen LogP contribution >= 0.6 is 0 Å². The van der Waals surface area contributed by atoms with E-state index in [1.807, 2.05) is 0 Å². The number of nitrogens with zero attached hydrogens (tertiary/aromatic N) is 1. The maximum absolute atomic E-state index is 5.55. The van der Waals surface area contributed by atoms with Crippen LogP contribution < -0.4 is 0 Å². The van der Waals surface area contributed by atoms with Gasteiger partial charge in [-0.25, -0.2) is 0 Å². The topological polar surface area (TPSA) is 12.5 Å². The van der Waals surface area contributed by atoms with Gasteiger partial charge in [0, 0.05) is 6.54 Å². The predicted molar refractivity (Wildman–Crippen MR) is 46.7 cm³/mol. The summed E-state index contributed by atoms with van der Waals surface area (Å²) in [6.45, 7) is 7.60. The Morgan fingerprint density at radius 2 is 2.27 bits per heavy atom. The van der Waals surface area contributed by atoms with E-state index < -0.39 is 0 Å². The van der Waals surface area contributed by atoms with Crippen molar-refractivity contribution in [2.24, 2.45) is 5.92 Å². The first-order valence-electron chi connectivity index (χ1n) is 4.48. The Labute approximate surface area is 69.5 Å². The molecular formula is C9H19NO. The smallest absolute Gasteiger partial charge is 0.0519 e. The third-order valence-electron chi connectivity index (χ3n) is 2.15. The number of hydrogen-bond acceptors (Lipinski definition) is 2. The van der Waals surface area contributed by atoms with Crippen molar-refractivity contribution in [3.63, 3.8) is 0 Å². The molecule has 1 aliphatic rings. The molecular weight excluding hydrogens is 138 g/mol.